The summed E-state index contributed by atoms with van der Waals surface area (Å²) >= 11 is 0. The molecule has 0 radical (unpaired) electrons. The molecule has 0 aromatic rings. The van der Waals surface area contributed by atoms with Crippen LogP contribution in [0, 0.1) is 0 Å². The Morgan fingerprint density at radius 2 is 1.53 bits per heavy atom. The first-order valence-electron chi connectivity index (χ1n) is 14.6. The number of ether oxygens (including phenoxy) is 7. The predicted molar refractivity (Wildman–Crippen MR) is 153 cm³/mol. The number of amides is 1. The quantitative estimate of drug-likeness (QED) is 0.0531. The Labute approximate surface area is 261 Å². The summed E-state index contributed by atoms with van der Waals surface area (Å²) in [5, 5.41) is 6.10. The second-order valence-corrected chi connectivity index (χ2v) is 10.4. The van der Waals surface area contributed by atoms with Crippen LogP contribution in [0.5, 0.6) is 0 Å². The zero-order chi connectivity index (χ0) is 34.0. The lowest BCUT2D eigenvalue weighted by molar-refractivity contribution is -0.314. The Morgan fingerprint density at radius 1 is 0.911 bits per heavy atom. The van der Waals surface area contributed by atoms with Gasteiger partial charge in [0, 0.05) is 46.1 Å². The third kappa shape index (κ3) is 14.1. The molecule has 0 saturated carbocycles. The lowest BCUT2D eigenvalue weighted by Gasteiger charge is -2.48. The van der Waals surface area contributed by atoms with Crippen LogP contribution in [0.2, 0.25) is 0 Å². The van der Waals surface area contributed by atoms with Gasteiger partial charge in [-0.2, -0.15) is 0 Å². The van der Waals surface area contributed by atoms with Crippen molar-refractivity contribution in [2.45, 2.75) is 116 Å². The van der Waals surface area contributed by atoms with E-state index in [1.54, 1.807) is 0 Å². The summed E-state index contributed by atoms with van der Waals surface area (Å²) in [7, 11) is 1.09. The van der Waals surface area contributed by atoms with Crippen molar-refractivity contribution in [1.82, 2.24) is 5.32 Å². The molecule has 1 N–H and O–H groups in total. The number of rotatable bonds is 19. The largest absolute Gasteiger partial charge is 0.465 e. The molecule has 45 heavy (non-hydrogen) atoms. The third-order valence-corrected chi connectivity index (χ3v) is 6.55. The molecule has 17 heteroatoms. The van der Waals surface area contributed by atoms with Gasteiger partial charge in [-0.1, -0.05) is 30.8 Å². The maximum atomic E-state index is 13.3. The maximum absolute atomic E-state index is 13.3. The van der Waals surface area contributed by atoms with E-state index in [4.69, 9.17) is 38.7 Å². The van der Waals surface area contributed by atoms with Gasteiger partial charge in [0.05, 0.1) is 26.2 Å². The smallest absolute Gasteiger partial charge is 0.366 e. The van der Waals surface area contributed by atoms with E-state index < -0.39 is 85.0 Å². The van der Waals surface area contributed by atoms with Crippen LogP contribution in [0.15, 0.2) is 5.11 Å². The molecule has 254 valence electrons. The highest BCUT2D eigenvalue weighted by molar-refractivity contribution is 5.79. The summed E-state index contributed by atoms with van der Waals surface area (Å²) in [5.74, 6) is -7.03. The molecular weight excluding hydrogens is 600 g/mol. The van der Waals surface area contributed by atoms with E-state index in [9.17, 15) is 28.8 Å². The topological polar surface area (TPSA) is 228 Å². The first-order chi connectivity index (χ1) is 21.3. The fourth-order valence-corrected chi connectivity index (χ4v) is 4.82. The Morgan fingerprint density at radius 3 is 2.07 bits per heavy atom. The molecule has 1 aliphatic rings. The number of esters is 5. The SMILES string of the molecule is COC(=O)[C@@]1(OCCCCCCCCN=[N+]=[N-])C[C@H](OC(C)=O)[C@@H](NC(C)=O)[C@H]([C@@H](OC(C)=O)[C@@H](COC(C)=O)OC(C)=O)O1. The van der Waals surface area contributed by atoms with E-state index in [1.807, 2.05) is 0 Å². The van der Waals surface area contributed by atoms with Gasteiger partial charge in [0.1, 0.15) is 18.8 Å². The molecule has 1 amide bonds. The van der Waals surface area contributed by atoms with Gasteiger partial charge in [-0.25, -0.2) is 4.79 Å². The molecule has 0 bridgehead atoms. The molecule has 0 aromatic heterocycles. The zero-order valence-electron chi connectivity index (χ0n) is 26.6. The van der Waals surface area contributed by atoms with Crippen molar-refractivity contribution in [3.8, 4) is 0 Å². The average molecular weight is 645 g/mol. The lowest BCUT2D eigenvalue weighted by Crippen LogP contribution is -2.69. The van der Waals surface area contributed by atoms with E-state index in [-0.39, 0.29) is 6.61 Å². The molecule has 1 fully saturated rings. The van der Waals surface area contributed by atoms with Gasteiger partial charge in [0.2, 0.25) is 5.91 Å². The van der Waals surface area contributed by atoms with E-state index in [0.717, 1.165) is 66.9 Å². The molecular formula is C28H44N4O13. The number of carbonyl (C=O) groups excluding carboxylic acids is 6. The average Bonchev–Trinajstić information content (AvgIpc) is 2.95. The standard InChI is InChI=1S/C28H44N4O13/c1-17(33)31-24-22(42-19(3)35)15-28(27(38)39-6,41-14-12-10-8-7-9-11-13-30-32-29)45-26(24)25(44-21(5)37)23(43-20(4)36)16-40-18(2)34/h22-26H,7-16H2,1-6H3,(H,31,33)/t22-,23+,24+,25-,26+,28+/m0/s1. The number of methoxy groups -OCH3 is 1. The fraction of sp³-hybridized carbons (Fsp3) is 0.786. The number of unbranched alkanes of at least 4 members (excludes halogenated alkanes) is 5. The molecule has 0 unspecified atom stereocenters. The van der Waals surface area contributed by atoms with Gasteiger partial charge < -0.3 is 38.5 Å². The first kappa shape index (κ1) is 39.1. The number of azide groups is 1. The molecule has 1 aliphatic heterocycles. The van der Waals surface area contributed by atoms with Gasteiger partial charge in [-0.15, -0.1) is 0 Å². The van der Waals surface area contributed by atoms with Crippen molar-refractivity contribution in [1.29, 1.82) is 0 Å². The Hall–Kier alpha value is -3.95. The van der Waals surface area contributed by atoms with Crippen LogP contribution >= 0.6 is 0 Å². The number of nitrogens with one attached hydrogen (secondary N) is 1. The molecule has 0 spiro atoms. The number of hydrogen-bond donors (Lipinski definition) is 1. The summed E-state index contributed by atoms with van der Waals surface area (Å²) in [6.07, 6.45) is -1.79. The lowest BCUT2D eigenvalue weighted by atomic mass is 9.88. The van der Waals surface area contributed by atoms with Crippen molar-refractivity contribution in [2.75, 3.05) is 26.9 Å². The van der Waals surface area contributed by atoms with Gasteiger partial charge in [0.15, 0.2) is 12.2 Å². The summed E-state index contributed by atoms with van der Waals surface area (Å²) in [6.45, 7) is 5.38. The van der Waals surface area contributed by atoms with Crippen molar-refractivity contribution in [3.63, 3.8) is 0 Å². The normalized spacial score (nSPS) is 22.0. The fourth-order valence-electron chi connectivity index (χ4n) is 4.82. The Bertz CT molecular complexity index is 1080. The molecule has 0 aromatic carbocycles. The summed E-state index contributed by atoms with van der Waals surface area (Å²) < 4.78 is 38.6. The van der Waals surface area contributed by atoms with E-state index in [0.29, 0.717) is 13.0 Å². The number of nitrogens with zero attached hydrogens (tertiary/aromatic N) is 3. The van der Waals surface area contributed by atoms with Gasteiger partial charge in [0.25, 0.3) is 5.79 Å². The molecule has 0 aliphatic carbocycles. The highest BCUT2D eigenvalue weighted by Gasteiger charge is 2.59. The Balaban J connectivity index is 3.47. The molecule has 6 atom stereocenters. The molecule has 1 saturated heterocycles. The van der Waals surface area contributed by atoms with Crippen LogP contribution in [0.25, 0.3) is 10.4 Å². The monoisotopic (exact) mass is 644 g/mol. The predicted octanol–water partition coefficient (Wildman–Crippen LogP) is 2.18. The second-order valence-electron chi connectivity index (χ2n) is 10.4. The highest BCUT2D eigenvalue weighted by Crippen LogP contribution is 2.37. The summed E-state index contributed by atoms with van der Waals surface area (Å²) in [4.78, 5) is 76.5. The molecule has 1 rings (SSSR count). The highest BCUT2D eigenvalue weighted by atomic mass is 16.7. The zero-order valence-corrected chi connectivity index (χ0v) is 26.6. The van der Waals surface area contributed by atoms with Crippen molar-refractivity contribution in [2.24, 2.45) is 5.11 Å². The maximum Gasteiger partial charge on any atom is 0.366 e. The molecule has 17 nitrogen and oxygen atoms in total. The van der Waals surface area contributed by atoms with Crippen LogP contribution in [0.1, 0.15) is 79.6 Å². The van der Waals surface area contributed by atoms with Crippen molar-refractivity contribution < 1.29 is 61.9 Å². The van der Waals surface area contributed by atoms with Crippen LogP contribution in [0.3, 0.4) is 0 Å². The first-order valence-corrected chi connectivity index (χ1v) is 14.6. The minimum absolute atomic E-state index is 0.00278. The number of carbonyl (C=O) groups is 6. The molecule has 1 heterocycles. The summed E-state index contributed by atoms with van der Waals surface area (Å²) in [6, 6.07) is -1.27. The van der Waals surface area contributed by atoms with E-state index >= 15 is 0 Å². The van der Waals surface area contributed by atoms with E-state index in [2.05, 4.69) is 15.3 Å². The third-order valence-electron chi connectivity index (χ3n) is 6.55. The van der Waals surface area contributed by atoms with Gasteiger partial charge in [-0.3, -0.25) is 24.0 Å². The van der Waals surface area contributed by atoms with Crippen molar-refractivity contribution >= 4 is 35.8 Å². The minimum atomic E-state index is -2.22. The van der Waals surface area contributed by atoms with Crippen LogP contribution < -0.4 is 5.32 Å². The number of hydrogen-bond acceptors (Lipinski definition) is 14. The van der Waals surface area contributed by atoms with E-state index in [1.165, 1.54) is 6.92 Å². The minimum Gasteiger partial charge on any atom is -0.465 e. The second kappa shape index (κ2) is 20.2. The van der Waals surface area contributed by atoms with Crippen LogP contribution in [-0.4, -0.2) is 98.9 Å². The van der Waals surface area contributed by atoms with Crippen LogP contribution in [-0.2, 0) is 61.9 Å². The van der Waals surface area contributed by atoms with Crippen molar-refractivity contribution in [3.05, 3.63) is 10.4 Å². The Kier molecular flexibility index (Phi) is 17.5. The summed E-state index contributed by atoms with van der Waals surface area (Å²) in [5.41, 5.74) is 8.35. The van der Waals surface area contributed by atoms with Crippen LogP contribution in [0.4, 0.5) is 0 Å². The van der Waals surface area contributed by atoms with Gasteiger partial charge in [-0.05, 0) is 18.4 Å². The van der Waals surface area contributed by atoms with Gasteiger partial charge >= 0.3 is 29.8 Å².